The van der Waals surface area contributed by atoms with Crippen molar-refractivity contribution in [1.29, 1.82) is 0 Å². The summed E-state index contributed by atoms with van der Waals surface area (Å²) in [7, 11) is 0. The second-order valence-electron chi connectivity index (χ2n) is 4.21. The molecule has 0 fully saturated rings. The quantitative estimate of drug-likeness (QED) is 0.615. The summed E-state index contributed by atoms with van der Waals surface area (Å²) < 4.78 is 0. The van der Waals surface area contributed by atoms with Gasteiger partial charge in [-0.15, -0.1) is 0 Å². The third kappa shape index (κ3) is 2.13. The molecule has 4 heteroatoms. The fraction of sp³-hybridized carbons (Fsp3) is 0.0714. The summed E-state index contributed by atoms with van der Waals surface area (Å²) in [6.45, 7) is 0.713. The highest BCUT2D eigenvalue weighted by atomic mass is 15.0. The van der Waals surface area contributed by atoms with Crippen molar-refractivity contribution < 1.29 is 0 Å². The van der Waals surface area contributed by atoms with Gasteiger partial charge in [0.2, 0.25) is 0 Å². The molecular weight excluding hydrogens is 224 g/mol. The number of fused-ring (bicyclic) bond motifs is 1. The molecule has 0 amide bonds. The fourth-order valence-electron chi connectivity index (χ4n) is 1.92. The van der Waals surface area contributed by atoms with Crippen LogP contribution in [0.4, 0.5) is 11.5 Å². The van der Waals surface area contributed by atoms with E-state index < -0.39 is 0 Å². The molecule has 3 aromatic rings. The Kier molecular flexibility index (Phi) is 2.61. The molecule has 2 heterocycles. The topological polar surface area (TPSA) is 66.7 Å². The highest BCUT2D eigenvalue weighted by molar-refractivity contribution is 5.77. The van der Waals surface area contributed by atoms with Gasteiger partial charge in [-0.3, -0.25) is 0 Å². The van der Waals surface area contributed by atoms with E-state index in [4.69, 9.17) is 5.73 Å². The number of rotatable bonds is 3. The summed E-state index contributed by atoms with van der Waals surface area (Å²) >= 11 is 0. The molecule has 0 aliphatic rings. The fourth-order valence-corrected chi connectivity index (χ4v) is 1.92. The van der Waals surface area contributed by atoms with Crippen LogP contribution < -0.4 is 11.1 Å². The molecule has 4 N–H and O–H groups in total. The zero-order chi connectivity index (χ0) is 12.4. The molecule has 0 aliphatic carbocycles. The highest BCUT2D eigenvalue weighted by Crippen LogP contribution is 2.14. The number of nitrogens with one attached hydrogen (secondary N) is 2. The van der Waals surface area contributed by atoms with Crippen molar-refractivity contribution in [2.45, 2.75) is 6.54 Å². The highest BCUT2D eigenvalue weighted by Gasteiger charge is 1.99. The number of aromatic amines is 1. The average molecular weight is 238 g/mol. The van der Waals surface area contributed by atoms with Crippen LogP contribution in [0.5, 0.6) is 0 Å². The summed E-state index contributed by atoms with van der Waals surface area (Å²) in [5.41, 5.74) is 8.56. The SMILES string of the molecule is Nc1cccc(CNc2ccc3cc[nH]c3n2)c1. The molecular formula is C14H14N4. The van der Waals surface area contributed by atoms with Crippen LogP contribution in [0.1, 0.15) is 5.56 Å². The maximum absolute atomic E-state index is 5.74. The van der Waals surface area contributed by atoms with Crippen LogP contribution in [0.25, 0.3) is 11.0 Å². The number of benzene rings is 1. The first-order valence-corrected chi connectivity index (χ1v) is 5.84. The van der Waals surface area contributed by atoms with E-state index >= 15 is 0 Å². The third-order valence-electron chi connectivity index (χ3n) is 2.83. The molecule has 4 nitrogen and oxygen atoms in total. The van der Waals surface area contributed by atoms with Crippen molar-refractivity contribution in [2.24, 2.45) is 0 Å². The van der Waals surface area contributed by atoms with Crippen molar-refractivity contribution in [3.05, 3.63) is 54.2 Å². The molecule has 2 aromatic heterocycles. The van der Waals surface area contributed by atoms with E-state index in [9.17, 15) is 0 Å². The van der Waals surface area contributed by atoms with E-state index in [0.29, 0.717) is 6.54 Å². The summed E-state index contributed by atoms with van der Waals surface area (Å²) in [6.07, 6.45) is 1.89. The number of nitrogen functional groups attached to an aromatic ring is 1. The van der Waals surface area contributed by atoms with E-state index in [1.807, 2.05) is 48.7 Å². The van der Waals surface area contributed by atoms with E-state index in [0.717, 1.165) is 28.1 Å². The molecule has 0 saturated heterocycles. The van der Waals surface area contributed by atoms with Gasteiger partial charge in [0.25, 0.3) is 0 Å². The Morgan fingerprint density at radius 3 is 3.00 bits per heavy atom. The second-order valence-corrected chi connectivity index (χ2v) is 4.21. The maximum atomic E-state index is 5.74. The Balaban J connectivity index is 1.76. The predicted molar refractivity (Wildman–Crippen MR) is 74.3 cm³/mol. The molecule has 0 spiro atoms. The predicted octanol–water partition coefficient (Wildman–Crippen LogP) is 2.76. The minimum Gasteiger partial charge on any atom is -0.399 e. The van der Waals surface area contributed by atoms with Crippen LogP contribution in [0.2, 0.25) is 0 Å². The Labute approximate surface area is 105 Å². The lowest BCUT2D eigenvalue weighted by molar-refractivity contribution is 1.12. The first kappa shape index (κ1) is 10.7. The number of hydrogen-bond donors (Lipinski definition) is 3. The zero-order valence-electron chi connectivity index (χ0n) is 9.85. The zero-order valence-corrected chi connectivity index (χ0v) is 9.85. The molecule has 90 valence electrons. The number of H-pyrrole nitrogens is 1. The van der Waals surface area contributed by atoms with Gasteiger partial charge in [0.15, 0.2) is 0 Å². The maximum Gasteiger partial charge on any atom is 0.139 e. The second kappa shape index (κ2) is 4.41. The molecule has 0 radical (unpaired) electrons. The van der Waals surface area contributed by atoms with Crippen LogP contribution in [-0.4, -0.2) is 9.97 Å². The number of aromatic nitrogens is 2. The Morgan fingerprint density at radius 2 is 2.11 bits per heavy atom. The molecule has 18 heavy (non-hydrogen) atoms. The summed E-state index contributed by atoms with van der Waals surface area (Å²) in [5, 5.41) is 4.40. The number of anilines is 2. The van der Waals surface area contributed by atoms with Gasteiger partial charge in [-0.05, 0) is 35.9 Å². The van der Waals surface area contributed by atoms with Crippen molar-refractivity contribution in [3.8, 4) is 0 Å². The van der Waals surface area contributed by atoms with Gasteiger partial charge >= 0.3 is 0 Å². The standard InChI is InChI=1S/C14H14N4/c15-12-3-1-2-10(8-12)9-17-13-5-4-11-6-7-16-14(11)18-13/h1-8H,9,15H2,(H2,16,17,18). The lowest BCUT2D eigenvalue weighted by atomic mass is 10.2. The Morgan fingerprint density at radius 1 is 1.17 bits per heavy atom. The lowest BCUT2D eigenvalue weighted by Crippen LogP contribution is -2.01. The van der Waals surface area contributed by atoms with Gasteiger partial charge < -0.3 is 16.0 Å². The molecule has 1 aromatic carbocycles. The van der Waals surface area contributed by atoms with Gasteiger partial charge in [-0.25, -0.2) is 4.98 Å². The van der Waals surface area contributed by atoms with Crippen LogP contribution in [0.3, 0.4) is 0 Å². The van der Waals surface area contributed by atoms with Crippen molar-refractivity contribution in [2.75, 3.05) is 11.1 Å². The molecule has 0 atom stereocenters. The van der Waals surface area contributed by atoms with Crippen LogP contribution in [0.15, 0.2) is 48.7 Å². The molecule has 0 bridgehead atoms. The summed E-state index contributed by atoms with van der Waals surface area (Å²) in [6, 6.07) is 13.9. The number of hydrogen-bond acceptors (Lipinski definition) is 3. The first-order valence-electron chi connectivity index (χ1n) is 5.84. The van der Waals surface area contributed by atoms with E-state index in [1.54, 1.807) is 0 Å². The van der Waals surface area contributed by atoms with Gasteiger partial charge in [0.1, 0.15) is 11.5 Å². The van der Waals surface area contributed by atoms with Crippen LogP contribution in [0, 0.1) is 0 Å². The monoisotopic (exact) mass is 238 g/mol. The van der Waals surface area contributed by atoms with Crippen LogP contribution in [-0.2, 0) is 6.54 Å². The number of nitrogens with two attached hydrogens (primary N) is 1. The first-order chi connectivity index (χ1) is 8.81. The van der Waals surface area contributed by atoms with Gasteiger partial charge in [-0.1, -0.05) is 12.1 Å². The van der Waals surface area contributed by atoms with Crippen molar-refractivity contribution in [1.82, 2.24) is 9.97 Å². The van der Waals surface area contributed by atoms with Crippen molar-refractivity contribution in [3.63, 3.8) is 0 Å². The Hall–Kier alpha value is -2.49. The van der Waals surface area contributed by atoms with Crippen LogP contribution >= 0.6 is 0 Å². The molecule has 3 rings (SSSR count). The van der Waals surface area contributed by atoms with Crippen molar-refractivity contribution >= 4 is 22.5 Å². The largest absolute Gasteiger partial charge is 0.399 e. The van der Waals surface area contributed by atoms with Gasteiger partial charge in [0.05, 0.1) is 0 Å². The molecule has 0 aliphatic heterocycles. The Bertz CT molecular complexity index is 672. The van der Waals surface area contributed by atoms with E-state index in [1.165, 1.54) is 0 Å². The van der Waals surface area contributed by atoms with E-state index in [2.05, 4.69) is 15.3 Å². The lowest BCUT2D eigenvalue weighted by Gasteiger charge is -2.06. The van der Waals surface area contributed by atoms with Gasteiger partial charge in [0, 0.05) is 23.8 Å². The number of pyridine rings is 1. The van der Waals surface area contributed by atoms with E-state index in [-0.39, 0.29) is 0 Å². The normalized spacial score (nSPS) is 10.7. The van der Waals surface area contributed by atoms with Gasteiger partial charge in [-0.2, -0.15) is 0 Å². The number of nitrogens with zero attached hydrogens (tertiary/aromatic N) is 1. The summed E-state index contributed by atoms with van der Waals surface area (Å²) in [4.78, 5) is 7.57. The average Bonchev–Trinajstić information content (AvgIpc) is 2.84. The summed E-state index contributed by atoms with van der Waals surface area (Å²) in [5.74, 6) is 0.854. The minimum absolute atomic E-state index is 0.713. The minimum atomic E-state index is 0.713. The molecule has 0 saturated carbocycles. The molecule has 0 unspecified atom stereocenters. The smallest absolute Gasteiger partial charge is 0.139 e. The third-order valence-corrected chi connectivity index (χ3v) is 2.83.